The fourth-order valence-corrected chi connectivity index (χ4v) is 6.58. The van der Waals surface area contributed by atoms with Crippen LogP contribution in [0, 0.1) is 0 Å². The summed E-state index contributed by atoms with van der Waals surface area (Å²) in [5.74, 6) is 0. The lowest BCUT2D eigenvalue weighted by atomic mass is 9.98. The molecule has 0 saturated heterocycles. The van der Waals surface area contributed by atoms with Crippen molar-refractivity contribution in [2.45, 2.75) is 70.6 Å². The van der Waals surface area contributed by atoms with E-state index in [0.717, 1.165) is 37.0 Å². The van der Waals surface area contributed by atoms with Gasteiger partial charge in [-0.3, -0.25) is 4.57 Å². The van der Waals surface area contributed by atoms with Gasteiger partial charge in [0.05, 0.1) is 6.10 Å². The molecule has 1 fully saturated rings. The second kappa shape index (κ2) is 9.53. The topological polar surface area (TPSA) is 53.4 Å². The lowest BCUT2D eigenvalue weighted by Gasteiger charge is -2.28. The maximum absolute atomic E-state index is 14.2. The SMILES string of the molecule is C[Si](C)(C)CCOCn1nccc1P(=O)(OC1CCCCC1)c1ccccc1. The molecule has 0 spiro atoms. The summed E-state index contributed by atoms with van der Waals surface area (Å²) in [5.41, 5.74) is 0.622. The standard InChI is InChI=1S/C21H33N2O3PSi/c1-28(2,3)17-16-25-18-23-21(14-15-22-23)27(24,20-12-8-5-9-13-20)26-19-10-6-4-7-11-19/h5,8-9,12-15,19H,4,6-7,10-11,16-18H2,1-3H3. The molecule has 28 heavy (non-hydrogen) atoms. The van der Waals surface area contributed by atoms with Crippen LogP contribution in [-0.4, -0.2) is 30.6 Å². The molecule has 0 aliphatic heterocycles. The normalized spacial score (nSPS) is 18.1. The number of hydrogen-bond donors (Lipinski definition) is 0. The number of ether oxygens (including phenoxy) is 1. The van der Waals surface area contributed by atoms with E-state index in [1.807, 2.05) is 36.4 Å². The summed E-state index contributed by atoms with van der Waals surface area (Å²) in [6, 6.07) is 12.5. The molecule has 5 nitrogen and oxygen atoms in total. The van der Waals surface area contributed by atoms with Crippen molar-refractivity contribution in [1.29, 1.82) is 0 Å². The van der Waals surface area contributed by atoms with Crippen molar-refractivity contribution in [1.82, 2.24) is 9.78 Å². The number of aromatic nitrogens is 2. The highest BCUT2D eigenvalue weighted by Gasteiger charge is 2.35. The van der Waals surface area contributed by atoms with Crippen LogP contribution in [0.25, 0.3) is 0 Å². The second-order valence-electron chi connectivity index (χ2n) is 8.79. The third kappa shape index (κ3) is 5.66. The second-order valence-corrected chi connectivity index (χ2v) is 16.7. The van der Waals surface area contributed by atoms with Crippen LogP contribution >= 0.6 is 7.37 Å². The first-order valence-electron chi connectivity index (χ1n) is 10.3. The molecular formula is C21H33N2O3PSi. The predicted octanol–water partition coefficient (Wildman–Crippen LogP) is 4.77. The Balaban J connectivity index is 1.81. The van der Waals surface area contributed by atoms with Crippen molar-refractivity contribution in [2.24, 2.45) is 0 Å². The Bertz CT molecular complexity index is 782. The first-order valence-corrected chi connectivity index (χ1v) is 15.7. The van der Waals surface area contributed by atoms with Gasteiger partial charge in [-0.05, 0) is 37.1 Å². The fourth-order valence-electron chi connectivity index (χ4n) is 3.46. The van der Waals surface area contributed by atoms with Gasteiger partial charge in [-0.1, -0.05) is 57.1 Å². The van der Waals surface area contributed by atoms with Gasteiger partial charge in [0, 0.05) is 26.2 Å². The molecule has 0 radical (unpaired) electrons. The van der Waals surface area contributed by atoms with Crippen LogP contribution in [0.15, 0.2) is 42.6 Å². The zero-order chi connectivity index (χ0) is 20.0. The van der Waals surface area contributed by atoms with Gasteiger partial charge in [0.1, 0.15) is 12.2 Å². The first kappa shape index (κ1) is 21.5. The van der Waals surface area contributed by atoms with Crippen molar-refractivity contribution in [3.05, 3.63) is 42.6 Å². The highest BCUT2D eigenvalue weighted by Crippen LogP contribution is 2.47. The third-order valence-electron chi connectivity index (χ3n) is 5.15. The summed E-state index contributed by atoms with van der Waals surface area (Å²) >= 11 is 0. The Morgan fingerprint density at radius 1 is 1.11 bits per heavy atom. The van der Waals surface area contributed by atoms with E-state index >= 15 is 0 Å². The van der Waals surface area contributed by atoms with Gasteiger partial charge >= 0.3 is 0 Å². The van der Waals surface area contributed by atoms with Gasteiger partial charge in [-0.25, -0.2) is 4.68 Å². The molecule has 1 aliphatic rings. The molecule has 1 heterocycles. The Hall–Kier alpha value is -1.20. The Kier molecular flexibility index (Phi) is 7.32. The molecule has 0 bridgehead atoms. The van der Waals surface area contributed by atoms with Crippen molar-refractivity contribution < 1.29 is 13.8 Å². The molecule has 7 heteroatoms. The highest BCUT2D eigenvalue weighted by molar-refractivity contribution is 7.74. The molecule has 1 unspecified atom stereocenters. The summed E-state index contributed by atoms with van der Waals surface area (Å²) in [5, 5.41) is 5.11. The van der Waals surface area contributed by atoms with Crippen LogP contribution in [0.2, 0.25) is 25.7 Å². The van der Waals surface area contributed by atoms with Crippen LogP contribution in [0.3, 0.4) is 0 Å². The Labute approximate surface area is 169 Å². The maximum atomic E-state index is 14.2. The monoisotopic (exact) mass is 420 g/mol. The predicted molar refractivity (Wildman–Crippen MR) is 118 cm³/mol. The van der Waals surface area contributed by atoms with Crippen LogP contribution < -0.4 is 10.7 Å². The van der Waals surface area contributed by atoms with E-state index < -0.39 is 15.4 Å². The molecule has 1 aliphatic carbocycles. The zero-order valence-corrected chi connectivity index (χ0v) is 19.2. The van der Waals surface area contributed by atoms with E-state index in [0.29, 0.717) is 18.8 Å². The smallest absolute Gasteiger partial charge is 0.279 e. The van der Waals surface area contributed by atoms with Crippen LogP contribution in [0.1, 0.15) is 32.1 Å². The summed E-state index contributed by atoms with van der Waals surface area (Å²) in [6.07, 6.45) is 7.18. The third-order valence-corrected chi connectivity index (χ3v) is 9.41. The minimum absolute atomic E-state index is 0.0379. The van der Waals surface area contributed by atoms with Gasteiger partial charge in [0.15, 0.2) is 0 Å². The maximum Gasteiger partial charge on any atom is 0.279 e. The molecule has 3 rings (SSSR count). The number of rotatable bonds is 9. The lowest BCUT2D eigenvalue weighted by molar-refractivity contribution is 0.0801. The van der Waals surface area contributed by atoms with E-state index in [2.05, 4.69) is 24.7 Å². The molecule has 0 N–H and O–H groups in total. The zero-order valence-electron chi connectivity index (χ0n) is 17.3. The summed E-state index contributed by atoms with van der Waals surface area (Å²) in [4.78, 5) is 0. The number of benzene rings is 1. The molecular weight excluding hydrogens is 387 g/mol. The Morgan fingerprint density at radius 2 is 1.82 bits per heavy atom. The van der Waals surface area contributed by atoms with Gasteiger partial charge in [-0.2, -0.15) is 5.10 Å². The van der Waals surface area contributed by atoms with Crippen molar-refractivity contribution in [2.75, 3.05) is 6.61 Å². The van der Waals surface area contributed by atoms with Crippen LogP contribution in [0.5, 0.6) is 0 Å². The van der Waals surface area contributed by atoms with Gasteiger partial charge in [0.25, 0.3) is 7.37 Å². The average Bonchev–Trinajstić information content (AvgIpc) is 3.15. The fraction of sp³-hybridized carbons (Fsp3) is 0.571. The largest absolute Gasteiger partial charge is 0.360 e. The van der Waals surface area contributed by atoms with E-state index in [9.17, 15) is 4.57 Å². The molecule has 1 atom stereocenters. The van der Waals surface area contributed by atoms with Crippen LogP contribution in [0.4, 0.5) is 0 Å². The van der Waals surface area contributed by atoms with E-state index in [1.165, 1.54) is 6.42 Å². The van der Waals surface area contributed by atoms with Gasteiger partial charge in [0.2, 0.25) is 0 Å². The minimum atomic E-state index is -3.23. The highest BCUT2D eigenvalue weighted by atomic mass is 31.2. The molecule has 154 valence electrons. The lowest BCUT2D eigenvalue weighted by Crippen LogP contribution is -2.30. The molecule has 1 aromatic heterocycles. The van der Waals surface area contributed by atoms with Crippen molar-refractivity contribution in [3.63, 3.8) is 0 Å². The first-order chi connectivity index (χ1) is 13.4. The van der Waals surface area contributed by atoms with Gasteiger partial charge < -0.3 is 9.26 Å². The molecule has 2 aromatic rings. The summed E-state index contributed by atoms with van der Waals surface area (Å²) in [6.45, 7) is 8.00. The van der Waals surface area contributed by atoms with E-state index in [1.54, 1.807) is 10.9 Å². The number of nitrogens with zero attached hydrogens (tertiary/aromatic N) is 2. The quantitative estimate of drug-likeness (QED) is 0.333. The Morgan fingerprint density at radius 3 is 2.50 bits per heavy atom. The van der Waals surface area contributed by atoms with E-state index in [4.69, 9.17) is 9.26 Å². The van der Waals surface area contributed by atoms with Gasteiger partial charge in [-0.15, -0.1) is 0 Å². The summed E-state index contributed by atoms with van der Waals surface area (Å²) < 4.78 is 28.2. The molecule has 1 aromatic carbocycles. The molecule has 0 amide bonds. The molecule has 1 saturated carbocycles. The van der Waals surface area contributed by atoms with Crippen LogP contribution in [-0.2, 0) is 20.6 Å². The van der Waals surface area contributed by atoms with E-state index in [-0.39, 0.29) is 6.10 Å². The summed E-state index contributed by atoms with van der Waals surface area (Å²) in [7, 11) is -4.38. The number of hydrogen-bond acceptors (Lipinski definition) is 4. The van der Waals surface area contributed by atoms with Crippen molar-refractivity contribution >= 4 is 26.2 Å². The average molecular weight is 421 g/mol. The minimum Gasteiger partial charge on any atom is -0.360 e. The van der Waals surface area contributed by atoms with Crippen molar-refractivity contribution in [3.8, 4) is 0 Å².